The van der Waals surface area contributed by atoms with Crippen molar-refractivity contribution in [3.63, 3.8) is 0 Å². The lowest BCUT2D eigenvalue weighted by Gasteiger charge is -2.47. The molecule has 8 heteroatoms. The predicted molar refractivity (Wildman–Crippen MR) is 139 cm³/mol. The number of hydrogen-bond acceptors (Lipinski definition) is 6. The Hall–Kier alpha value is -3.46. The third-order valence-corrected chi connectivity index (χ3v) is 8.05. The molecule has 1 radical (unpaired) electrons. The summed E-state index contributed by atoms with van der Waals surface area (Å²) in [6, 6.07) is 28.1. The molecular formula is C28H32NO6Si. The molecule has 3 rings (SSSR count). The monoisotopic (exact) mass is 506 g/mol. The van der Waals surface area contributed by atoms with E-state index in [0.29, 0.717) is 0 Å². The van der Waals surface area contributed by atoms with Crippen LogP contribution in [0.25, 0.3) is 0 Å². The fourth-order valence-corrected chi connectivity index (χ4v) is 5.77. The molecule has 0 aromatic heterocycles. The van der Waals surface area contributed by atoms with Gasteiger partial charge in [0.2, 0.25) is 0 Å². The molecular weight excluding hydrogens is 474 g/mol. The fourth-order valence-electron chi connectivity index (χ4n) is 3.82. The van der Waals surface area contributed by atoms with Crippen molar-refractivity contribution in [3.05, 3.63) is 96.6 Å². The number of amides is 1. The first-order chi connectivity index (χ1) is 17.2. The zero-order chi connectivity index (χ0) is 26.2. The second-order valence-corrected chi connectivity index (χ2v) is 11.2. The molecule has 1 amide bonds. The zero-order valence-corrected chi connectivity index (χ0v) is 22.0. The maximum atomic E-state index is 13.7. The minimum atomic E-state index is -2.11. The van der Waals surface area contributed by atoms with Crippen molar-refractivity contribution in [3.8, 4) is 0 Å². The molecule has 0 fully saturated rings. The highest BCUT2D eigenvalue weighted by atomic mass is 28.3. The molecule has 0 unspecified atom stereocenters. The van der Waals surface area contributed by atoms with Crippen LogP contribution in [0, 0.1) is 5.41 Å². The Balaban J connectivity index is 2.11. The number of methoxy groups -OCH3 is 1. The molecule has 0 aliphatic carbocycles. The van der Waals surface area contributed by atoms with Gasteiger partial charge in [-0.2, -0.15) is 5.06 Å². The third-order valence-electron chi connectivity index (χ3n) is 5.96. The van der Waals surface area contributed by atoms with Gasteiger partial charge < -0.3 is 19.1 Å². The lowest BCUT2D eigenvalue weighted by atomic mass is 9.73. The first kappa shape index (κ1) is 27.1. The fraction of sp³-hybridized carbons (Fsp3) is 0.286. The van der Waals surface area contributed by atoms with Crippen LogP contribution in [-0.2, 0) is 25.4 Å². The molecule has 3 aromatic carbocycles. The predicted octanol–water partition coefficient (Wildman–Crippen LogP) is 3.31. The van der Waals surface area contributed by atoms with Crippen LogP contribution in [0.15, 0.2) is 91.0 Å². The van der Waals surface area contributed by atoms with Crippen molar-refractivity contribution in [1.82, 2.24) is 5.06 Å². The highest BCUT2D eigenvalue weighted by Crippen LogP contribution is 2.38. The second-order valence-electron chi connectivity index (χ2n) is 9.25. The highest BCUT2D eigenvalue weighted by Gasteiger charge is 2.58. The van der Waals surface area contributed by atoms with Crippen LogP contribution in [0.5, 0.6) is 0 Å². The summed E-state index contributed by atoms with van der Waals surface area (Å²) in [5.74, 6) is -0.809. The Kier molecular flexibility index (Phi) is 9.03. The smallest absolute Gasteiger partial charge is 0.434 e. The van der Waals surface area contributed by atoms with E-state index in [1.54, 1.807) is 20.8 Å². The third kappa shape index (κ3) is 5.84. The van der Waals surface area contributed by atoms with E-state index < -0.39 is 38.7 Å². The van der Waals surface area contributed by atoms with E-state index in [9.17, 15) is 14.7 Å². The van der Waals surface area contributed by atoms with E-state index in [0.717, 1.165) is 21.0 Å². The van der Waals surface area contributed by atoms with Crippen molar-refractivity contribution in [1.29, 1.82) is 0 Å². The Labute approximate surface area is 213 Å². The molecule has 3 aromatic rings. The average molecular weight is 507 g/mol. The standard InChI is InChI=1S/C28H32NO6Si/c1-27(2,3)28(21-30,25(31)33-4)29(26(32)34-20-22-14-8-5-9-15-22)35-36(23-16-10-6-11-17-23)24-18-12-7-13-19-24/h5-19,30H,20-21H2,1-4H3/t28-/m0/s1. The van der Waals surface area contributed by atoms with Gasteiger partial charge in [0.25, 0.3) is 0 Å². The molecule has 0 spiro atoms. The Morgan fingerprint density at radius 2 is 1.31 bits per heavy atom. The van der Waals surface area contributed by atoms with Gasteiger partial charge in [0, 0.05) is 5.41 Å². The van der Waals surface area contributed by atoms with Gasteiger partial charge in [-0.3, -0.25) is 0 Å². The number of hydrogen-bond donors (Lipinski definition) is 1. The molecule has 0 saturated heterocycles. The van der Waals surface area contributed by atoms with E-state index in [1.165, 1.54) is 7.11 Å². The number of aliphatic hydroxyl groups is 1. The van der Waals surface area contributed by atoms with Gasteiger partial charge >= 0.3 is 21.1 Å². The summed E-state index contributed by atoms with van der Waals surface area (Å²) in [5.41, 5.74) is -2.10. The number of carbonyl (C=O) groups is 2. The van der Waals surface area contributed by atoms with E-state index in [-0.39, 0.29) is 6.61 Å². The van der Waals surface area contributed by atoms with E-state index >= 15 is 0 Å². The van der Waals surface area contributed by atoms with Crippen molar-refractivity contribution < 1.29 is 28.7 Å². The number of hydroxylamine groups is 2. The minimum Gasteiger partial charge on any atom is -0.467 e. The number of ether oxygens (including phenoxy) is 2. The van der Waals surface area contributed by atoms with Crippen LogP contribution in [-0.4, -0.2) is 50.5 Å². The van der Waals surface area contributed by atoms with Crippen LogP contribution in [0.2, 0.25) is 0 Å². The van der Waals surface area contributed by atoms with Crippen molar-refractivity contribution in [2.75, 3.05) is 13.7 Å². The quantitative estimate of drug-likeness (QED) is 0.272. The molecule has 0 bridgehead atoms. The van der Waals surface area contributed by atoms with E-state index in [1.807, 2.05) is 91.0 Å². The SMILES string of the molecule is COC(=O)[C@](CO)(N(O[Si](c1ccccc1)c1ccccc1)C(=O)OCc1ccccc1)C(C)(C)C. The Bertz CT molecular complexity index is 1080. The van der Waals surface area contributed by atoms with Crippen LogP contribution < -0.4 is 10.4 Å². The molecule has 7 nitrogen and oxygen atoms in total. The molecule has 36 heavy (non-hydrogen) atoms. The van der Waals surface area contributed by atoms with Crippen molar-refractivity contribution in [2.24, 2.45) is 5.41 Å². The van der Waals surface area contributed by atoms with Gasteiger partial charge in [-0.05, 0) is 15.9 Å². The summed E-state index contributed by atoms with van der Waals surface area (Å²) in [4.78, 5) is 26.9. The summed E-state index contributed by atoms with van der Waals surface area (Å²) in [6.07, 6.45) is -0.900. The first-order valence-corrected chi connectivity index (χ1v) is 13.0. The summed E-state index contributed by atoms with van der Waals surface area (Å²) in [7, 11) is -0.897. The number of rotatable bonds is 9. The normalized spacial score (nSPS) is 13.1. The second kappa shape index (κ2) is 12.0. The van der Waals surface area contributed by atoms with E-state index in [4.69, 9.17) is 14.0 Å². The van der Waals surface area contributed by atoms with Gasteiger partial charge in [0.1, 0.15) is 6.61 Å². The number of nitrogens with zero attached hydrogens (tertiary/aromatic N) is 1. The topological polar surface area (TPSA) is 85.3 Å². The lowest BCUT2D eigenvalue weighted by molar-refractivity contribution is -0.205. The van der Waals surface area contributed by atoms with Crippen molar-refractivity contribution >= 4 is 31.5 Å². The summed E-state index contributed by atoms with van der Waals surface area (Å²) < 4.78 is 17.2. The molecule has 0 aliphatic heterocycles. The highest BCUT2D eigenvalue weighted by molar-refractivity contribution is 6.80. The van der Waals surface area contributed by atoms with E-state index in [2.05, 4.69) is 0 Å². The zero-order valence-electron chi connectivity index (χ0n) is 21.0. The van der Waals surface area contributed by atoms with Crippen LogP contribution in [0.3, 0.4) is 0 Å². The summed E-state index contributed by atoms with van der Waals surface area (Å²) in [5, 5.41) is 13.2. The number of esters is 1. The molecule has 1 N–H and O–H groups in total. The molecule has 1 atom stereocenters. The number of aliphatic hydroxyl groups excluding tert-OH is 1. The van der Waals surface area contributed by atoms with Gasteiger partial charge in [0.15, 0.2) is 5.54 Å². The van der Waals surface area contributed by atoms with Crippen LogP contribution in [0.1, 0.15) is 26.3 Å². The molecule has 0 saturated carbocycles. The summed E-state index contributed by atoms with van der Waals surface area (Å²) in [6.45, 7) is 4.43. The lowest BCUT2D eigenvalue weighted by Crippen LogP contribution is -2.69. The van der Waals surface area contributed by atoms with Crippen LogP contribution >= 0.6 is 0 Å². The average Bonchev–Trinajstić information content (AvgIpc) is 2.90. The Morgan fingerprint density at radius 1 is 0.833 bits per heavy atom. The molecule has 0 aliphatic rings. The molecule has 189 valence electrons. The van der Waals surface area contributed by atoms with Gasteiger partial charge in [-0.15, -0.1) is 0 Å². The first-order valence-electron chi connectivity index (χ1n) is 11.6. The van der Waals surface area contributed by atoms with Crippen LogP contribution in [0.4, 0.5) is 4.79 Å². The summed E-state index contributed by atoms with van der Waals surface area (Å²) >= 11 is 0. The van der Waals surface area contributed by atoms with Gasteiger partial charge in [-0.1, -0.05) is 112 Å². The maximum Gasteiger partial charge on any atom is 0.434 e. The Morgan fingerprint density at radius 3 is 1.72 bits per heavy atom. The van der Waals surface area contributed by atoms with Crippen molar-refractivity contribution in [2.45, 2.75) is 32.9 Å². The largest absolute Gasteiger partial charge is 0.467 e. The minimum absolute atomic E-state index is 0.0366. The maximum absolute atomic E-state index is 13.7. The molecule has 0 heterocycles. The van der Waals surface area contributed by atoms with Gasteiger partial charge in [-0.25, -0.2) is 9.59 Å². The number of benzene rings is 3. The van der Waals surface area contributed by atoms with Gasteiger partial charge in [0.05, 0.1) is 13.7 Å². The number of carbonyl (C=O) groups excluding carboxylic acids is 2.